The van der Waals surface area contributed by atoms with Crippen LogP contribution in [0.1, 0.15) is 19.8 Å². The van der Waals surface area contributed by atoms with Crippen LogP contribution < -0.4 is 0 Å². The maximum Gasteiger partial charge on any atom is 0.157 e. The summed E-state index contributed by atoms with van der Waals surface area (Å²) in [5.74, 6) is 0. The average molecular weight is 123 g/mol. The Hall–Kier alpha value is 0.517. The molecular formula is C6H12LiO2. The third-order valence-electron chi connectivity index (χ3n) is 1.22. The molecule has 1 radical (unpaired) electrons. The molecule has 0 atom stereocenters. The molecule has 0 aromatic heterocycles. The van der Waals surface area contributed by atoms with Crippen LogP contribution in [0.5, 0.6) is 0 Å². The van der Waals surface area contributed by atoms with Crippen LogP contribution in [0.25, 0.3) is 0 Å². The molecule has 0 N–H and O–H groups in total. The Morgan fingerprint density at radius 3 is 2.33 bits per heavy atom. The van der Waals surface area contributed by atoms with Crippen LogP contribution in [0.2, 0.25) is 0 Å². The SMILES string of the molecule is CCCC1OCCO1.[Li]. The Balaban J connectivity index is 0.000000640. The molecule has 0 unspecified atom stereocenters. The number of rotatable bonds is 2. The van der Waals surface area contributed by atoms with Crippen LogP contribution in [-0.2, 0) is 9.47 Å². The van der Waals surface area contributed by atoms with Gasteiger partial charge in [-0.3, -0.25) is 0 Å². The smallest absolute Gasteiger partial charge is 0.157 e. The molecule has 0 bridgehead atoms. The molecule has 0 aliphatic carbocycles. The average Bonchev–Trinajstić information content (AvgIpc) is 2.19. The van der Waals surface area contributed by atoms with E-state index in [1.54, 1.807) is 0 Å². The maximum absolute atomic E-state index is 5.17. The molecule has 1 aliphatic heterocycles. The standard InChI is InChI=1S/C6H12O2.Li/c1-2-3-6-7-4-5-8-6;/h6H,2-5H2,1H3;. The van der Waals surface area contributed by atoms with E-state index >= 15 is 0 Å². The minimum Gasteiger partial charge on any atom is -0.350 e. The second-order valence-electron chi connectivity index (χ2n) is 1.96. The summed E-state index contributed by atoms with van der Waals surface area (Å²) in [6.45, 7) is 3.69. The molecule has 2 nitrogen and oxygen atoms in total. The third-order valence-corrected chi connectivity index (χ3v) is 1.22. The van der Waals surface area contributed by atoms with Gasteiger partial charge in [-0.25, -0.2) is 0 Å². The van der Waals surface area contributed by atoms with E-state index < -0.39 is 0 Å². The molecule has 0 saturated carbocycles. The summed E-state index contributed by atoms with van der Waals surface area (Å²) in [7, 11) is 0. The van der Waals surface area contributed by atoms with E-state index in [1.807, 2.05) is 0 Å². The molecule has 9 heavy (non-hydrogen) atoms. The van der Waals surface area contributed by atoms with Gasteiger partial charge in [-0.1, -0.05) is 13.3 Å². The van der Waals surface area contributed by atoms with Gasteiger partial charge < -0.3 is 9.47 Å². The predicted molar refractivity (Wildman–Crippen MR) is 36.4 cm³/mol. The molecule has 0 aromatic rings. The molecule has 1 heterocycles. The van der Waals surface area contributed by atoms with Crippen molar-refractivity contribution in [2.45, 2.75) is 26.1 Å². The van der Waals surface area contributed by atoms with Crippen LogP contribution in [-0.4, -0.2) is 38.4 Å². The van der Waals surface area contributed by atoms with Crippen molar-refractivity contribution in [3.63, 3.8) is 0 Å². The zero-order chi connectivity index (χ0) is 5.82. The minimum atomic E-state index is 0. The van der Waals surface area contributed by atoms with Crippen LogP contribution in [0.4, 0.5) is 0 Å². The predicted octanol–water partition coefficient (Wildman–Crippen LogP) is 0.779. The van der Waals surface area contributed by atoms with Crippen molar-refractivity contribution in [3.8, 4) is 0 Å². The van der Waals surface area contributed by atoms with Crippen molar-refractivity contribution in [1.82, 2.24) is 0 Å². The van der Waals surface area contributed by atoms with Crippen LogP contribution in [0.3, 0.4) is 0 Å². The normalized spacial score (nSPS) is 19.7. The Kier molecular flexibility index (Phi) is 5.62. The molecule has 3 heteroatoms. The van der Waals surface area contributed by atoms with Crippen molar-refractivity contribution in [2.75, 3.05) is 13.2 Å². The molecule has 1 rings (SSSR count). The van der Waals surface area contributed by atoms with Crippen LogP contribution in [0.15, 0.2) is 0 Å². The van der Waals surface area contributed by atoms with Gasteiger partial charge in [0.25, 0.3) is 0 Å². The van der Waals surface area contributed by atoms with Gasteiger partial charge >= 0.3 is 0 Å². The zero-order valence-corrected chi connectivity index (χ0v) is 6.22. The van der Waals surface area contributed by atoms with Crippen LogP contribution in [0, 0.1) is 0 Å². The zero-order valence-electron chi connectivity index (χ0n) is 6.22. The molecule has 1 aliphatic rings. The topological polar surface area (TPSA) is 18.5 Å². The molecule has 0 spiro atoms. The van der Waals surface area contributed by atoms with Crippen molar-refractivity contribution in [3.05, 3.63) is 0 Å². The van der Waals surface area contributed by atoms with E-state index in [-0.39, 0.29) is 25.2 Å². The fourth-order valence-corrected chi connectivity index (χ4v) is 0.810. The number of hydrogen-bond donors (Lipinski definition) is 0. The molecule has 0 aromatic carbocycles. The summed E-state index contributed by atoms with van der Waals surface area (Å²) in [5.41, 5.74) is 0. The molecule has 1 saturated heterocycles. The quantitative estimate of drug-likeness (QED) is 0.505. The van der Waals surface area contributed by atoms with Gasteiger partial charge in [0.15, 0.2) is 6.29 Å². The summed E-state index contributed by atoms with van der Waals surface area (Å²) in [4.78, 5) is 0. The van der Waals surface area contributed by atoms with E-state index in [1.165, 1.54) is 0 Å². The van der Waals surface area contributed by atoms with Crippen molar-refractivity contribution in [1.29, 1.82) is 0 Å². The van der Waals surface area contributed by atoms with Crippen molar-refractivity contribution < 1.29 is 9.47 Å². The fraction of sp³-hybridized carbons (Fsp3) is 1.00. The largest absolute Gasteiger partial charge is 0.350 e. The summed E-state index contributed by atoms with van der Waals surface area (Å²) in [6.07, 6.45) is 2.30. The first kappa shape index (κ1) is 9.52. The van der Waals surface area contributed by atoms with Gasteiger partial charge in [0.05, 0.1) is 13.2 Å². The molecule has 0 amide bonds. The van der Waals surface area contributed by atoms with E-state index in [9.17, 15) is 0 Å². The van der Waals surface area contributed by atoms with E-state index in [2.05, 4.69) is 6.92 Å². The third kappa shape index (κ3) is 3.27. The maximum atomic E-state index is 5.17. The summed E-state index contributed by atoms with van der Waals surface area (Å²) < 4.78 is 10.3. The summed E-state index contributed by atoms with van der Waals surface area (Å²) in [6, 6.07) is 0. The second kappa shape index (κ2) is 5.31. The van der Waals surface area contributed by atoms with Gasteiger partial charge in [0.1, 0.15) is 0 Å². The van der Waals surface area contributed by atoms with E-state index in [4.69, 9.17) is 9.47 Å². The Morgan fingerprint density at radius 1 is 1.33 bits per heavy atom. The van der Waals surface area contributed by atoms with Gasteiger partial charge in [0.2, 0.25) is 0 Å². The van der Waals surface area contributed by atoms with Gasteiger partial charge in [-0.15, -0.1) is 0 Å². The monoisotopic (exact) mass is 123 g/mol. The molecule has 1 fully saturated rings. The van der Waals surface area contributed by atoms with Crippen molar-refractivity contribution in [2.24, 2.45) is 0 Å². The Morgan fingerprint density at radius 2 is 1.89 bits per heavy atom. The first-order chi connectivity index (χ1) is 3.93. The van der Waals surface area contributed by atoms with Gasteiger partial charge in [0, 0.05) is 18.9 Å². The van der Waals surface area contributed by atoms with Gasteiger partial charge in [-0.05, 0) is 6.42 Å². The summed E-state index contributed by atoms with van der Waals surface area (Å²) >= 11 is 0. The van der Waals surface area contributed by atoms with E-state index in [0.29, 0.717) is 0 Å². The fourth-order valence-electron chi connectivity index (χ4n) is 0.810. The number of ether oxygens (including phenoxy) is 2. The summed E-state index contributed by atoms with van der Waals surface area (Å²) in [5, 5.41) is 0. The van der Waals surface area contributed by atoms with Crippen molar-refractivity contribution >= 4 is 18.9 Å². The Bertz CT molecular complexity index is 62.1. The number of hydrogen-bond acceptors (Lipinski definition) is 2. The first-order valence-corrected chi connectivity index (χ1v) is 3.16. The molecular weight excluding hydrogens is 111 g/mol. The first-order valence-electron chi connectivity index (χ1n) is 3.16. The minimum absolute atomic E-state index is 0. The second-order valence-corrected chi connectivity index (χ2v) is 1.96. The van der Waals surface area contributed by atoms with E-state index in [0.717, 1.165) is 26.1 Å². The Labute approximate surface area is 68.1 Å². The van der Waals surface area contributed by atoms with Crippen LogP contribution >= 0.6 is 0 Å². The van der Waals surface area contributed by atoms with Gasteiger partial charge in [-0.2, -0.15) is 0 Å². The molecule has 49 valence electrons.